The van der Waals surface area contributed by atoms with Gasteiger partial charge in [-0.3, -0.25) is 0 Å². The van der Waals surface area contributed by atoms with Gasteiger partial charge in [-0.2, -0.15) is 4.31 Å². The van der Waals surface area contributed by atoms with E-state index >= 15 is 0 Å². The Morgan fingerprint density at radius 1 is 1.07 bits per heavy atom. The molecule has 1 saturated heterocycles. The number of morpholine rings is 1. The van der Waals surface area contributed by atoms with Crippen LogP contribution in [0.1, 0.15) is 17.2 Å². The number of ether oxygens (including phenoxy) is 3. The summed E-state index contributed by atoms with van der Waals surface area (Å²) in [6.45, 7) is 1.83. The van der Waals surface area contributed by atoms with Crippen LogP contribution in [0.3, 0.4) is 0 Å². The van der Waals surface area contributed by atoms with Crippen LogP contribution < -0.4 is 0 Å². The predicted molar refractivity (Wildman–Crippen MR) is 102 cm³/mol. The average molecular weight is 405 g/mol. The second-order valence-corrected chi connectivity index (χ2v) is 8.38. The molecule has 0 N–H and O–H groups in total. The number of carbonyl (C=O) groups excluding carboxylic acids is 1. The lowest BCUT2D eigenvalue weighted by molar-refractivity contribution is -0.216. The first kappa shape index (κ1) is 20.5. The van der Waals surface area contributed by atoms with Gasteiger partial charge in [0.15, 0.2) is 12.4 Å². The van der Waals surface area contributed by atoms with Gasteiger partial charge >= 0.3 is 5.97 Å². The first-order valence-corrected chi connectivity index (χ1v) is 10.2. The third kappa shape index (κ3) is 3.95. The maximum atomic E-state index is 13.5. The average Bonchev–Trinajstić information content (AvgIpc) is 2.73. The van der Waals surface area contributed by atoms with Crippen LogP contribution in [0.25, 0.3) is 0 Å². The van der Waals surface area contributed by atoms with Crippen molar-refractivity contribution in [2.45, 2.75) is 30.3 Å². The van der Waals surface area contributed by atoms with Gasteiger partial charge in [-0.1, -0.05) is 48.0 Å². The van der Waals surface area contributed by atoms with Crippen LogP contribution in [0.4, 0.5) is 0 Å². The molecule has 0 aromatic heterocycles. The van der Waals surface area contributed by atoms with Crippen LogP contribution in [0.15, 0.2) is 59.5 Å². The van der Waals surface area contributed by atoms with Crippen LogP contribution in [0.2, 0.25) is 0 Å². The van der Waals surface area contributed by atoms with Gasteiger partial charge in [0.1, 0.15) is 0 Å². The van der Waals surface area contributed by atoms with E-state index in [9.17, 15) is 13.2 Å². The van der Waals surface area contributed by atoms with Gasteiger partial charge in [-0.05, 0) is 24.6 Å². The first-order valence-electron chi connectivity index (χ1n) is 8.78. The summed E-state index contributed by atoms with van der Waals surface area (Å²) in [5.74, 6) is -0.667. The van der Waals surface area contributed by atoms with Crippen LogP contribution in [0, 0.1) is 6.92 Å². The van der Waals surface area contributed by atoms with Crippen LogP contribution >= 0.6 is 0 Å². The van der Waals surface area contributed by atoms with Crippen LogP contribution in [-0.4, -0.2) is 51.9 Å². The second kappa shape index (κ2) is 8.40. The van der Waals surface area contributed by atoms with Crippen molar-refractivity contribution >= 4 is 16.0 Å². The molecule has 1 aliphatic heterocycles. The minimum absolute atomic E-state index is 0.0558. The highest BCUT2D eigenvalue weighted by Gasteiger charge is 2.47. The number of carbonyl (C=O) groups is 1. The number of nitrogens with zero attached hydrogens (tertiary/aromatic N) is 1. The molecule has 0 unspecified atom stereocenters. The molecular formula is C20H23NO6S. The zero-order valence-corrected chi connectivity index (χ0v) is 16.8. The minimum Gasteiger partial charge on any atom is -0.467 e. The summed E-state index contributed by atoms with van der Waals surface area (Å²) in [4.78, 5) is 12.6. The number of benzene rings is 2. The topological polar surface area (TPSA) is 82.1 Å². The number of aryl methyl sites for hydroxylation is 1. The lowest BCUT2D eigenvalue weighted by Gasteiger charge is -2.42. The van der Waals surface area contributed by atoms with E-state index in [1.165, 1.54) is 18.5 Å². The summed E-state index contributed by atoms with van der Waals surface area (Å²) >= 11 is 0. The molecule has 2 aromatic rings. The Morgan fingerprint density at radius 3 is 2.29 bits per heavy atom. The van der Waals surface area contributed by atoms with Crippen molar-refractivity contribution in [3.8, 4) is 0 Å². The Bertz CT molecular complexity index is 913. The number of sulfonamides is 1. The summed E-state index contributed by atoms with van der Waals surface area (Å²) in [6.07, 6.45) is -2.06. The first-order chi connectivity index (χ1) is 13.4. The number of hydrogen-bond donors (Lipinski definition) is 0. The standard InChI is InChI=1S/C20H23NO6S/c1-14-9-11-16(12-10-14)28(23,24)21-13-17(25-2)27-19(20(22)26-3)18(21)15-7-5-4-6-8-15/h4-12,17-19H,13H2,1-3H3/t17-,18-,19-/m1/s1. The lowest BCUT2D eigenvalue weighted by atomic mass is 10.00. The number of esters is 1. The molecule has 3 atom stereocenters. The van der Waals surface area contributed by atoms with E-state index in [0.29, 0.717) is 5.56 Å². The van der Waals surface area contributed by atoms with E-state index in [-0.39, 0.29) is 11.4 Å². The normalized spacial score (nSPS) is 23.3. The molecule has 3 rings (SSSR count). The van der Waals surface area contributed by atoms with Crippen molar-refractivity contribution in [2.75, 3.05) is 20.8 Å². The SMILES string of the molecule is COC(=O)[C@@H]1O[C@@H](OC)CN(S(=O)(=O)c2ccc(C)cc2)[C@@H]1c1ccccc1. The monoisotopic (exact) mass is 405 g/mol. The highest BCUT2D eigenvalue weighted by atomic mass is 32.2. The quantitative estimate of drug-likeness (QED) is 0.710. The third-order valence-electron chi connectivity index (χ3n) is 4.69. The molecule has 1 fully saturated rings. The van der Waals surface area contributed by atoms with Gasteiger partial charge in [-0.25, -0.2) is 13.2 Å². The van der Waals surface area contributed by atoms with Crippen molar-refractivity contribution in [3.05, 3.63) is 65.7 Å². The summed E-state index contributed by atoms with van der Waals surface area (Å²) in [6, 6.07) is 14.6. The van der Waals surface area contributed by atoms with Gasteiger partial charge in [0.05, 0.1) is 24.6 Å². The fourth-order valence-electron chi connectivity index (χ4n) is 3.21. The zero-order valence-electron chi connectivity index (χ0n) is 15.9. The van der Waals surface area contributed by atoms with E-state index in [0.717, 1.165) is 5.56 Å². The van der Waals surface area contributed by atoms with Crippen LogP contribution in [-0.2, 0) is 29.0 Å². The van der Waals surface area contributed by atoms with E-state index in [1.54, 1.807) is 48.5 Å². The molecule has 2 aromatic carbocycles. The smallest absolute Gasteiger partial charge is 0.337 e. The molecule has 28 heavy (non-hydrogen) atoms. The predicted octanol–water partition coefficient (Wildman–Crippen LogP) is 2.27. The van der Waals surface area contributed by atoms with Crippen molar-refractivity contribution in [2.24, 2.45) is 0 Å². The molecule has 0 aliphatic carbocycles. The number of hydrogen-bond acceptors (Lipinski definition) is 6. The van der Waals surface area contributed by atoms with Crippen molar-refractivity contribution < 1.29 is 27.4 Å². The molecule has 1 aliphatic rings. The number of methoxy groups -OCH3 is 2. The van der Waals surface area contributed by atoms with Crippen LogP contribution in [0.5, 0.6) is 0 Å². The van der Waals surface area contributed by atoms with Crippen molar-refractivity contribution in [1.29, 1.82) is 0 Å². The highest BCUT2D eigenvalue weighted by molar-refractivity contribution is 7.89. The third-order valence-corrected chi connectivity index (χ3v) is 6.55. The Hall–Kier alpha value is -2.26. The Balaban J connectivity index is 2.13. The maximum absolute atomic E-state index is 13.5. The van der Waals surface area contributed by atoms with E-state index < -0.39 is 34.4 Å². The summed E-state index contributed by atoms with van der Waals surface area (Å²) in [5.41, 5.74) is 1.57. The van der Waals surface area contributed by atoms with Crippen molar-refractivity contribution in [3.63, 3.8) is 0 Å². The maximum Gasteiger partial charge on any atom is 0.337 e. The van der Waals surface area contributed by atoms with Gasteiger partial charge in [-0.15, -0.1) is 0 Å². The largest absolute Gasteiger partial charge is 0.467 e. The van der Waals surface area contributed by atoms with E-state index in [4.69, 9.17) is 14.2 Å². The van der Waals surface area contributed by atoms with E-state index in [1.807, 2.05) is 13.0 Å². The lowest BCUT2D eigenvalue weighted by Crippen LogP contribution is -2.55. The highest BCUT2D eigenvalue weighted by Crippen LogP contribution is 2.36. The zero-order chi connectivity index (χ0) is 20.3. The molecule has 0 amide bonds. The summed E-state index contributed by atoms with van der Waals surface area (Å²) in [7, 11) is -1.29. The molecule has 0 spiro atoms. The molecule has 150 valence electrons. The Labute approximate surface area is 164 Å². The minimum atomic E-state index is -3.93. The van der Waals surface area contributed by atoms with Gasteiger partial charge in [0, 0.05) is 7.11 Å². The molecule has 0 bridgehead atoms. The van der Waals surface area contributed by atoms with Gasteiger partial charge in [0.25, 0.3) is 0 Å². The molecule has 7 nitrogen and oxygen atoms in total. The number of rotatable bonds is 5. The Morgan fingerprint density at radius 2 is 1.71 bits per heavy atom. The molecular weight excluding hydrogens is 382 g/mol. The Kier molecular flexibility index (Phi) is 6.14. The molecule has 0 radical (unpaired) electrons. The van der Waals surface area contributed by atoms with Gasteiger partial charge < -0.3 is 14.2 Å². The second-order valence-electron chi connectivity index (χ2n) is 6.49. The fourth-order valence-corrected chi connectivity index (χ4v) is 4.81. The van der Waals surface area contributed by atoms with E-state index in [2.05, 4.69) is 0 Å². The summed E-state index contributed by atoms with van der Waals surface area (Å²) < 4.78 is 44.0. The molecule has 8 heteroatoms. The molecule has 0 saturated carbocycles. The molecule has 1 heterocycles. The van der Waals surface area contributed by atoms with Gasteiger partial charge in [0.2, 0.25) is 10.0 Å². The van der Waals surface area contributed by atoms with Crippen molar-refractivity contribution in [1.82, 2.24) is 4.31 Å². The summed E-state index contributed by atoms with van der Waals surface area (Å²) in [5, 5.41) is 0. The fraction of sp³-hybridized carbons (Fsp3) is 0.350.